The van der Waals surface area contributed by atoms with Crippen LogP contribution in [0.5, 0.6) is 0 Å². The van der Waals surface area contributed by atoms with Crippen LogP contribution >= 0.6 is 0 Å². The fraction of sp³-hybridized carbons (Fsp3) is 0.179. The fourth-order valence-corrected chi connectivity index (χ4v) is 4.66. The maximum absolute atomic E-state index is 13.2. The number of fused-ring (bicyclic) bond motifs is 2. The molecule has 188 valence electrons. The molecule has 3 aromatic carbocycles. The normalized spacial score (nSPS) is 12.2. The molecule has 0 atom stereocenters. The number of nitrogens with one attached hydrogen (secondary N) is 1. The van der Waals surface area contributed by atoms with Crippen LogP contribution in [0, 0.1) is 11.8 Å². The van der Waals surface area contributed by atoms with Crippen LogP contribution in [-0.4, -0.2) is 39.2 Å². The zero-order chi connectivity index (χ0) is 26.4. The molecule has 3 aromatic rings. The minimum atomic E-state index is -4.10. The molecule has 0 aromatic heterocycles. The first-order chi connectivity index (χ1) is 17.7. The zero-order valence-corrected chi connectivity index (χ0v) is 20.9. The Labute approximate surface area is 215 Å². The number of para-hydroxylation sites is 1. The molecule has 0 radical (unpaired) electrons. The first kappa shape index (κ1) is 25.8. The molecule has 0 saturated carbocycles. The van der Waals surface area contributed by atoms with Crippen molar-refractivity contribution in [1.29, 1.82) is 0 Å². The molecule has 9 heteroatoms. The highest BCUT2D eigenvalue weighted by Gasteiger charge is 2.21. The Morgan fingerprint density at radius 1 is 0.919 bits per heavy atom. The Kier molecular flexibility index (Phi) is 7.82. The summed E-state index contributed by atoms with van der Waals surface area (Å²) in [6, 6.07) is 20.2. The highest BCUT2D eigenvalue weighted by molar-refractivity contribution is 7.86. The third kappa shape index (κ3) is 6.30. The summed E-state index contributed by atoms with van der Waals surface area (Å²) in [5.41, 5.74) is 3.48. The van der Waals surface area contributed by atoms with Crippen molar-refractivity contribution in [2.75, 3.05) is 18.1 Å². The van der Waals surface area contributed by atoms with Gasteiger partial charge < -0.3 is 10.2 Å². The van der Waals surface area contributed by atoms with E-state index in [4.69, 9.17) is 0 Å². The second kappa shape index (κ2) is 11.2. The Morgan fingerprint density at radius 3 is 2.30 bits per heavy atom. The minimum Gasteiger partial charge on any atom is -0.352 e. The van der Waals surface area contributed by atoms with Crippen LogP contribution < -0.4 is 10.2 Å². The maximum Gasteiger partial charge on any atom is 0.297 e. The highest BCUT2D eigenvalue weighted by Crippen LogP contribution is 2.25. The van der Waals surface area contributed by atoms with Gasteiger partial charge in [-0.25, -0.2) is 0 Å². The van der Waals surface area contributed by atoms with Gasteiger partial charge in [0.15, 0.2) is 5.78 Å². The summed E-state index contributed by atoms with van der Waals surface area (Å²) in [4.78, 5) is 38.3. The average Bonchev–Trinajstić information content (AvgIpc) is 2.89. The molecule has 1 heterocycles. The summed E-state index contributed by atoms with van der Waals surface area (Å²) < 4.78 is 28.9. The first-order valence-electron chi connectivity index (χ1n) is 11.5. The number of hydrogen-bond acceptors (Lipinski definition) is 6. The number of carbonyl (C=O) groups is 3. The van der Waals surface area contributed by atoms with Crippen molar-refractivity contribution in [2.45, 2.75) is 24.8 Å². The number of hydrogen-bond donors (Lipinski definition) is 1. The zero-order valence-electron chi connectivity index (χ0n) is 20.1. The molecular formula is C28H24N2O6S. The van der Waals surface area contributed by atoms with Crippen molar-refractivity contribution in [3.8, 4) is 11.8 Å². The van der Waals surface area contributed by atoms with Gasteiger partial charge in [0.2, 0.25) is 5.91 Å². The van der Waals surface area contributed by atoms with E-state index in [1.54, 1.807) is 4.90 Å². The van der Waals surface area contributed by atoms with Gasteiger partial charge >= 0.3 is 0 Å². The van der Waals surface area contributed by atoms with Crippen molar-refractivity contribution in [3.05, 3.63) is 95.1 Å². The number of amides is 2. The lowest BCUT2D eigenvalue weighted by atomic mass is 10.0. The molecule has 1 aliphatic rings. The summed E-state index contributed by atoms with van der Waals surface area (Å²) in [6.45, 7) is 1.10. The van der Waals surface area contributed by atoms with Gasteiger partial charge in [-0.2, -0.15) is 8.42 Å². The molecule has 1 aliphatic heterocycles. The van der Waals surface area contributed by atoms with Crippen LogP contribution in [0.2, 0.25) is 0 Å². The predicted molar refractivity (Wildman–Crippen MR) is 137 cm³/mol. The highest BCUT2D eigenvalue weighted by atomic mass is 32.2. The Bertz CT molecular complexity index is 1520. The predicted octanol–water partition coefficient (Wildman–Crippen LogP) is 3.05. The van der Waals surface area contributed by atoms with Gasteiger partial charge in [-0.05, 0) is 55.0 Å². The number of nitrogens with zero attached hydrogens (tertiary/aromatic N) is 1. The Hall–Kier alpha value is -4.26. The topological polar surface area (TPSA) is 110 Å². The van der Waals surface area contributed by atoms with E-state index in [0.29, 0.717) is 12.2 Å². The van der Waals surface area contributed by atoms with Gasteiger partial charge in [-0.3, -0.25) is 18.6 Å². The number of benzene rings is 3. The molecule has 0 unspecified atom stereocenters. The quantitative estimate of drug-likeness (QED) is 0.364. The molecule has 8 nitrogen and oxygen atoms in total. The summed E-state index contributed by atoms with van der Waals surface area (Å²) in [6.07, 6.45) is 0.0566. The molecule has 0 saturated heterocycles. The molecule has 0 spiro atoms. The summed E-state index contributed by atoms with van der Waals surface area (Å²) in [5.74, 6) is 5.28. The standard InChI is InChI=1S/C28H24N2O6S/c1-20(31)19-36-37(34,35)25-14-12-23(13-15-25)28(33)29-17-16-27(32)30-18-24-8-3-2-6-21(24)10-11-22-7-4-5-9-26(22)30/h2-9,12-15H,16-19H2,1H3,(H,29,33). The van der Waals surface area contributed by atoms with Crippen molar-refractivity contribution in [3.63, 3.8) is 0 Å². The molecule has 1 N–H and O–H groups in total. The van der Waals surface area contributed by atoms with E-state index in [2.05, 4.69) is 21.3 Å². The van der Waals surface area contributed by atoms with E-state index in [9.17, 15) is 22.8 Å². The fourth-order valence-electron chi connectivity index (χ4n) is 3.73. The first-order valence-corrected chi connectivity index (χ1v) is 12.9. The van der Waals surface area contributed by atoms with Crippen LogP contribution in [0.1, 0.15) is 40.4 Å². The third-order valence-corrected chi connectivity index (χ3v) is 6.90. The molecular weight excluding hydrogens is 492 g/mol. The molecule has 0 bridgehead atoms. The number of Topliss-reactive ketones (excluding diaryl/α,β-unsaturated/α-hetero) is 1. The van der Waals surface area contributed by atoms with Crippen LogP contribution in [0.15, 0.2) is 77.7 Å². The number of carbonyl (C=O) groups excluding carboxylic acids is 3. The number of ketones is 1. The summed E-state index contributed by atoms with van der Waals surface area (Å²) in [5, 5.41) is 2.70. The van der Waals surface area contributed by atoms with Gasteiger partial charge in [0.05, 0.1) is 17.1 Å². The van der Waals surface area contributed by atoms with Crippen molar-refractivity contribution < 1.29 is 27.0 Å². The monoisotopic (exact) mass is 516 g/mol. The van der Waals surface area contributed by atoms with E-state index in [1.807, 2.05) is 48.5 Å². The molecule has 0 aliphatic carbocycles. The van der Waals surface area contributed by atoms with E-state index >= 15 is 0 Å². The average molecular weight is 517 g/mol. The van der Waals surface area contributed by atoms with Crippen LogP contribution in [0.3, 0.4) is 0 Å². The maximum atomic E-state index is 13.2. The van der Waals surface area contributed by atoms with E-state index in [1.165, 1.54) is 31.2 Å². The van der Waals surface area contributed by atoms with Gasteiger partial charge in [0.25, 0.3) is 16.0 Å². The minimum absolute atomic E-state index is 0.0566. The van der Waals surface area contributed by atoms with E-state index in [0.717, 1.165) is 16.7 Å². The second-order valence-electron chi connectivity index (χ2n) is 8.35. The smallest absolute Gasteiger partial charge is 0.297 e. The second-order valence-corrected chi connectivity index (χ2v) is 9.97. The Morgan fingerprint density at radius 2 is 1.57 bits per heavy atom. The van der Waals surface area contributed by atoms with E-state index < -0.39 is 28.4 Å². The van der Waals surface area contributed by atoms with Crippen LogP contribution in [0.25, 0.3) is 0 Å². The lowest BCUT2D eigenvalue weighted by molar-refractivity contribution is -0.119. The molecule has 37 heavy (non-hydrogen) atoms. The van der Waals surface area contributed by atoms with Crippen LogP contribution in [0.4, 0.5) is 5.69 Å². The van der Waals surface area contributed by atoms with Crippen molar-refractivity contribution >= 4 is 33.4 Å². The lowest BCUT2D eigenvalue weighted by Crippen LogP contribution is -2.35. The van der Waals surface area contributed by atoms with Gasteiger partial charge in [0.1, 0.15) is 6.61 Å². The van der Waals surface area contributed by atoms with Gasteiger partial charge in [-0.15, -0.1) is 0 Å². The lowest BCUT2D eigenvalue weighted by Gasteiger charge is -2.26. The van der Waals surface area contributed by atoms with E-state index in [-0.39, 0.29) is 29.3 Å². The molecule has 4 rings (SSSR count). The number of anilines is 1. The van der Waals surface area contributed by atoms with Gasteiger partial charge in [0, 0.05) is 29.7 Å². The third-order valence-electron chi connectivity index (χ3n) is 5.62. The SMILES string of the molecule is CC(=O)COS(=O)(=O)c1ccc(C(=O)NCCC(=O)N2Cc3ccccc3C#Cc3ccccc32)cc1. The summed E-state index contributed by atoms with van der Waals surface area (Å²) in [7, 11) is -4.10. The van der Waals surface area contributed by atoms with Crippen molar-refractivity contribution in [1.82, 2.24) is 5.32 Å². The van der Waals surface area contributed by atoms with Crippen molar-refractivity contribution in [2.24, 2.45) is 0 Å². The Balaban J connectivity index is 1.41. The van der Waals surface area contributed by atoms with Crippen LogP contribution in [-0.2, 0) is 30.4 Å². The molecule has 2 amide bonds. The number of rotatable bonds is 8. The van der Waals surface area contributed by atoms with Gasteiger partial charge in [-0.1, -0.05) is 42.2 Å². The summed E-state index contributed by atoms with van der Waals surface area (Å²) >= 11 is 0. The largest absolute Gasteiger partial charge is 0.352 e. The molecule has 0 fully saturated rings.